The third kappa shape index (κ3) is 2.98. The summed E-state index contributed by atoms with van der Waals surface area (Å²) < 4.78 is 5.15. The minimum atomic E-state index is -0.634. The number of nitroso groups, excluding NO2 is 1. The molecule has 0 spiro atoms. The van der Waals surface area contributed by atoms with Gasteiger partial charge in [0, 0.05) is 30.9 Å². The number of nitrogens with zero attached hydrogens (tertiary/aromatic N) is 2. The van der Waals surface area contributed by atoms with Crippen molar-refractivity contribution < 1.29 is 9.53 Å². The Labute approximate surface area is 107 Å². The molecule has 3 atom stereocenters. The van der Waals surface area contributed by atoms with E-state index in [2.05, 4.69) is 10.2 Å². The fraction of sp³-hybridized carbons (Fsp3) is 0.538. The second kappa shape index (κ2) is 6.35. The topological polar surface area (TPSA) is 68.1 Å². The van der Waals surface area contributed by atoms with Gasteiger partial charge in [-0.2, -0.15) is 0 Å². The van der Waals surface area contributed by atoms with E-state index >= 15 is 0 Å². The van der Waals surface area contributed by atoms with Gasteiger partial charge in [-0.25, -0.2) is 0 Å². The standard InChI is InChI=1S/C13H18N2O3/c1-5-9(3)14-7-8(2)10-6-11(15-17)12(16)13(10)18-4/h5-8,10,13H,1-4H3/b9-5-,14-7?. The molecule has 0 bridgehead atoms. The van der Waals surface area contributed by atoms with E-state index in [1.165, 1.54) is 7.11 Å². The second-order valence-corrected chi connectivity index (χ2v) is 4.31. The first-order valence-corrected chi connectivity index (χ1v) is 5.84. The molecule has 3 unspecified atom stereocenters. The van der Waals surface area contributed by atoms with Crippen molar-refractivity contribution in [2.75, 3.05) is 7.11 Å². The van der Waals surface area contributed by atoms with Crippen LogP contribution in [0.5, 0.6) is 0 Å². The van der Waals surface area contributed by atoms with E-state index in [0.29, 0.717) is 0 Å². The molecule has 1 rings (SSSR count). The highest BCUT2D eigenvalue weighted by Gasteiger charge is 2.39. The lowest BCUT2D eigenvalue weighted by atomic mass is 9.92. The van der Waals surface area contributed by atoms with Crippen molar-refractivity contribution >= 4 is 12.0 Å². The highest BCUT2D eigenvalue weighted by Crippen LogP contribution is 2.29. The molecule has 0 heterocycles. The van der Waals surface area contributed by atoms with Gasteiger partial charge in [0.25, 0.3) is 0 Å². The van der Waals surface area contributed by atoms with Gasteiger partial charge in [0.15, 0.2) is 0 Å². The van der Waals surface area contributed by atoms with E-state index in [-0.39, 0.29) is 23.3 Å². The third-order valence-corrected chi connectivity index (χ3v) is 3.10. The van der Waals surface area contributed by atoms with Gasteiger partial charge >= 0.3 is 0 Å². The zero-order chi connectivity index (χ0) is 13.7. The van der Waals surface area contributed by atoms with Gasteiger partial charge in [-0.3, -0.25) is 9.79 Å². The quantitative estimate of drug-likeness (QED) is 0.556. The maximum Gasteiger partial charge on any atom is 0.213 e. The molecular weight excluding hydrogens is 232 g/mol. The summed E-state index contributed by atoms with van der Waals surface area (Å²) in [6, 6.07) is 0. The van der Waals surface area contributed by atoms with Crippen LogP contribution in [-0.2, 0) is 9.53 Å². The Kier molecular flexibility index (Phi) is 5.09. The molecule has 98 valence electrons. The van der Waals surface area contributed by atoms with Crippen LogP contribution in [-0.4, -0.2) is 25.2 Å². The largest absolute Gasteiger partial charge is 0.373 e. The molecule has 5 heteroatoms. The van der Waals surface area contributed by atoms with Crippen molar-refractivity contribution in [1.29, 1.82) is 0 Å². The number of carbonyl (C=O) groups excluding carboxylic acids is 1. The number of allylic oxidation sites excluding steroid dienone is 2. The van der Waals surface area contributed by atoms with Crippen LogP contribution < -0.4 is 0 Å². The van der Waals surface area contributed by atoms with Crippen molar-refractivity contribution in [1.82, 2.24) is 0 Å². The maximum absolute atomic E-state index is 11.7. The Morgan fingerprint density at radius 3 is 2.72 bits per heavy atom. The number of methoxy groups -OCH3 is 1. The van der Waals surface area contributed by atoms with Crippen LogP contribution in [0, 0.1) is 16.7 Å². The molecule has 5 nitrogen and oxygen atoms in total. The van der Waals surface area contributed by atoms with Gasteiger partial charge in [-0.1, -0.05) is 13.0 Å². The summed E-state index contributed by atoms with van der Waals surface area (Å²) in [5.41, 5.74) is 0.854. The van der Waals surface area contributed by atoms with Crippen LogP contribution in [0.3, 0.4) is 0 Å². The minimum Gasteiger partial charge on any atom is -0.373 e. The molecular formula is C13H18N2O3. The molecule has 18 heavy (non-hydrogen) atoms. The van der Waals surface area contributed by atoms with E-state index in [9.17, 15) is 9.70 Å². The monoisotopic (exact) mass is 250 g/mol. The summed E-state index contributed by atoms with van der Waals surface area (Å²) in [7, 11) is 1.46. The van der Waals surface area contributed by atoms with Gasteiger partial charge < -0.3 is 4.74 Å². The zero-order valence-electron chi connectivity index (χ0n) is 11.1. The van der Waals surface area contributed by atoms with Crippen molar-refractivity contribution in [3.8, 4) is 0 Å². The summed E-state index contributed by atoms with van der Waals surface area (Å²) in [5, 5.41) is 2.74. The second-order valence-electron chi connectivity index (χ2n) is 4.31. The third-order valence-electron chi connectivity index (χ3n) is 3.10. The Morgan fingerprint density at radius 1 is 1.56 bits per heavy atom. The van der Waals surface area contributed by atoms with Gasteiger partial charge in [0.2, 0.25) is 5.78 Å². The SMILES string of the molecule is C/C=C(/C)N=CC(C)C1C=C(N=O)C(=O)C1OC. The fourth-order valence-corrected chi connectivity index (χ4v) is 1.85. The number of ketones is 1. The summed E-state index contributed by atoms with van der Waals surface area (Å²) in [6.07, 6.45) is 4.60. The number of hydrogen-bond acceptors (Lipinski definition) is 5. The van der Waals surface area contributed by atoms with Gasteiger partial charge in [0.1, 0.15) is 11.8 Å². The average Bonchev–Trinajstić information content (AvgIpc) is 2.71. The number of aliphatic imine (C=N–C) groups is 1. The molecule has 1 aliphatic carbocycles. The number of hydrogen-bond donors (Lipinski definition) is 0. The summed E-state index contributed by atoms with van der Waals surface area (Å²) in [5.74, 6) is -0.544. The lowest BCUT2D eigenvalue weighted by Crippen LogP contribution is -2.30. The highest BCUT2D eigenvalue weighted by molar-refractivity contribution is 6.01. The molecule has 0 aromatic heterocycles. The zero-order valence-corrected chi connectivity index (χ0v) is 11.1. The molecule has 0 saturated heterocycles. The number of ether oxygens (including phenoxy) is 1. The first kappa shape index (κ1) is 14.4. The van der Waals surface area contributed by atoms with E-state index < -0.39 is 6.10 Å². The molecule has 0 N–H and O–H groups in total. The maximum atomic E-state index is 11.7. The Hall–Kier alpha value is -1.62. The van der Waals surface area contributed by atoms with Crippen molar-refractivity contribution in [2.24, 2.45) is 22.0 Å². The van der Waals surface area contributed by atoms with Crippen LogP contribution in [0.2, 0.25) is 0 Å². The molecule has 0 aromatic rings. The van der Waals surface area contributed by atoms with Gasteiger partial charge in [0.05, 0.1) is 0 Å². The van der Waals surface area contributed by atoms with Gasteiger partial charge in [-0.05, 0) is 25.1 Å². The minimum absolute atomic E-state index is 0.00644. The lowest BCUT2D eigenvalue weighted by Gasteiger charge is -2.19. The number of Topliss-reactive ketones (excluding diaryl/α,β-unsaturated/α-hetero) is 1. The summed E-state index contributed by atoms with van der Waals surface area (Å²) in [4.78, 5) is 26.5. The van der Waals surface area contributed by atoms with E-state index in [0.717, 1.165) is 5.70 Å². The first-order chi connectivity index (χ1) is 8.54. The van der Waals surface area contributed by atoms with E-state index in [4.69, 9.17) is 4.74 Å². The first-order valence-electron chi connectivity index (χ1n) is 5.84. The number of carbonyl (C=O) groups is 1. The molecule has 0 amide bonds. The van der Waals surface area contributed by atoms with Crippen LogP contribution in [0.4, 0.5) is 0 Å². The predicted molar refractivity (Wildman–Crippen MR) is 70.3 cm³/mol. The van der Waals surface area contributed by atoms with Crippen LogP contribution in [0.25, 0.3) is 0 Å². The average molecular weight is 250 g/mol. The molecule has 0 fully saturated rings. The van der Waals surface area contributed by atoms with E-state index in [1.807, 2.05) is 26.8 Å². The van der Waals surface area contributed by atoms with E-state index in [1.54, 1.807) is 12.3 Å². The summed E-state index contributed by atoms with van der Waals surface area (Å²) in [6.45, 7) is 5.73. The molecule has 0 saturated carbocycles. The van der Waals surface area contributed by atoms with Crippen LogP contribution >= 0.6 is 0 Å². The fourth-order valence-electron chi connectivity index (χ4n) is 1.85. The van der Waals surface area contributed by atoms with Crippen LogP contribution in [0.1, 0.15) is 20.8 Å². The molecule has 0 aromatic carbocycles. The normalized spacial score (nSPS) is 26.6. The number of rotatable bonds is 5. The lowest BCUT2D eigenvalue weighted by molar-refractivity contribution is -0.125. The molecule has 1 aliphatic rings. The van der Waals surface area contributed by atoms with Crippen molar-refractivity contribution in [2.45, 2.75) is 26.9 Å². The van der Waals surface area contributed by atoms with Crippen molar-refractivity contribution in [3.05, 3.63) is 28.5 Å². The highest BCUT2D eigenvalue weighted by atomic mass is 16.5. The predicted octanol–water partition coefficient (Wildman–Crippen LogP) is 2.48. The van der Waals surface area contributed by atoms with Crippen LogP contribution in [0.15, 0.2) is 33.7 Å². The van der Waals surface area contributed by atoms with Gasteiger partial charge in [-0.15, -0.1) is 4.91 Å². The Bertz CT molecular complexity index is 424. The molecule has 0 aliphatic heterocycles. The van der Waals surface area contributed by atoms with Crippen molar-refractivity contribution in [3.63, 3.8) is 0 Å². The molecule has 0 radical (unpaired) electrons. The Balaban J connectivity index is 2.87. The summed E-state index contributed by atoms with van der Waals surface area (Å²) >= 11 is 0. The Morgan fingerprint density at radius 2 is 2.22 bits per heavy atom. The smallest absolute Gasteiger partial charge is 0.213 e.